The van der Waals surface area contributed by atoms with Crippen molar-refractivity contribution in [3.05, 3.63) is 44.5 Å². The number of phenols is 1. The third kappa shape index (κ3) is 4.40. The number of carbonyl (C=O) groups excluding carboxylic acids is 1. The number of hydrogen-bond acceptors (Lipinski definition) is 9. The molecule has 9 nitrogen and oxygen atoms in total. The number of carbonyl (C=O) groups is 1. The van der Waals surface area contributed by atoms with Gasteiger partial charge >= 0.3 is 5.00 Å². The van der Waals surface area contributed by atoms with Crippen molar-refractivity contribution in [2.24, 2.45) is 4.99 Å². The minimum Gasteiger partial charge on any atom is -0.504 e. The summed E-state index contributed by atoms with van der Waals surface area (Å²) in [5, 5.41) is 24.5. The zero-order chi connectivity index (χ0) is 21.3. The predicted octanol–water partition coefficient (Wildman–Crippen LogP) is 3.95. The molecule has 0 spiro atoms. The first-order valence-electron chi connectivity index (χ1n) is 8.41. The highest BCUT2D eigenvalue weighted by molar-refractivity contribution is 8.18. The molecule has 0 radical (unpaired) electrons. The Kier molecular flexibility index (Phi) is 5.62. The summed E-state index contributed by atoms with van der Waals surface area (Å²) < 4.78 is 5.07. The Balaban J connectivity index is 1.91. The van der Waals surface area contributed by atoms with E-state index >= 15 is 0 Å². The maximum Gasteiger partial charge on any atom is 0.349 e. The number of para-hydroxylation sites is 1. The first-order valence-corrected chi connectivity index (χ1v) is 10.0. The fourth-order valence-electron chi connectivity index (χ4n) is 2.49. The molecule has 0 aliphatic carbocycles. The molecule has 2 N–H and O–H groups in total. The Hall–Kier alpha value is -2.92. The van der Waals surface area contributed by atoms with Gasteiger partial charge in [0.2, 0.25) is 5.13 Å². The number of phenolic OH excluding ortho intramolecular Hbond substituents is 1. The summed E-state index contributed by atoms with van der Waals surface area (Å²) in [4.78, 5) is 32.0. The van der Waals surface area contributed by atoms with Crippen molar-refractivity contribution in [1.29, 1.82) is 0 Å². The summed E-state index contributed by atoms with van der Waals surface area (Å²) in [7, 11) is 1.44. The number of aromatic nitrogens is 1. The van der Waals surface area contributed by atoms with Gasteiger partial charge < -0.3 is 15.2 Å². The molecule has 152 valence electrons. The van der Waals surface area contributed by atoms with E-state index < -0.39 is 16.2 Å². The molecule has 1 aliphatic heterocycles. The van der Waals surface area contributed by atoms with E-state index in [1.54, 1.807) is 18.2 Å². The van der Waals surface area contributed by atoms with Crippen LogP contribution < -0.4 is 10.1 Å². The van der Waals surface area contributed by atoms with Gasteiger partial charge in [0.25, 0.3) is 5.91 Å². The highest BCUT2D eigenvalue weighted by atomic mass is 32.2. The number of hydrogen-bond donors (Lipinski definition) is 2. The average molecular weight is 434 g/mol. The second-order valence-electron chi connectivity index (χ2n) is 7.04. The van der Waals surface area contributed by atoms with Crippen molar-refractivity contribution in [1.82, 2.24) is 10.3 Å². The zero-order valence-electron chi connectivity index (χ0n) is 16.0. The van der Waals surface area contributed by atoms with Crippen molar-refractivity contribution >= 4 is 50.4 Å². The summed E-state index contributed by atoms with van der Waals surface area (Å²) in [5.41, 5.74) is 0.250. The molecular formula is C18H18N4O5S2. The number of amides is 1. The van der Waals surface area contributed by atoms with E-state index in [0.717, 1.165) is 23.1 Å². The number of aromatic hydroxyl groups is 1. The van der Waals surface area contributed by atoms with E-state index in [-0.39, 0.29) is 21.0 Å². The second-order valence-corrected chi connectivity index (χ2v) is 9.02. The number of nitrogens with zero attached hydrogens (tertiary/aromatic N) is 3. The summed E-state index contributed by atoms with van der Waals surface area (Å²) in [6, 6.07) is 4.95. The third-order valence-electron chi connectivity index (χ3n) is 3.86. The summed E-state index contributed by atoms with van der Waals surface area (Å²) in [6.07, 6.45) is 1.52. The first kappa shape index (κ1) is 20.8. The molecule has 1 aromatic carbocycles. The lowest BCUT2D eigenvalue weighted by atomic mass is 9.93. The van der Waals surface area contributed by atoms with Gasteiger partial charge in [0.15, 0.2) is 16.7 Å². The molecule has 11 heteroatoms. The molecule has 0 atom stereocenters. The Morgan fingerprint density at radius 2 is 2.10 bits per heavy atom. The number of amidine groups is 1. The smallest absolute Gasteiger partial charge is 0.349 e. The summed E-state index contributed by atoms with van der Waals surface area (Å²) in [5.74, 6) is -0.175. The van der Waals surface area contributed by atoms with Crippen LogP contribution in [-0.2, 0) is 10.2 Å². The topological polar surface area (TPSA) is 127 Å². The molecule has 1 fully saturated rings. The van der Waals surface area contributed by atoms with Crippen LogP contribution in [0, 0.1) is 10.1 Å². The molecular weight excluding hydrogens is 416 g/mol. The summed E-state index contributed by atoms with van der Waals surface area (Å²) >= 11 is 1.91. The van der Waals surface area contributed by atoms with E-state index in [1.165, 1.54) is 13.2 Å². The maximum atomic E-state index is 12.3. The molecule has 1 amide bonds. The zero-order valence-corrected chi connectivity index (χ0v) is 17.7. The van der Waals surface area contributed by atoms with E-state index in [2.05, 4.69) is 15.3 Å². The fourth-order valence-corrected chi connectivity index (χ4v) is 4.33. The van der Waals surface area contributed by atoms with E-state index in [9.17, 15) is 20.0 Å². The molecule has 0 unspecified atom stereocenters. The van der Waals surface area contributed by atoms with E-state index in [0.29, 0.717) is 21.9 Å². The van der Waals surface area contributed by atoms with Gasteiger partial charge in [0.05, 0.1) is 16.9 Å². The van der Waals surface area contributed by atoms with Crippen LogP contribution in [0.2, 0.25) is 0 Å². The molecule has 2 aromatic rings. The van der Waals surface area contributed by atoms with Crippen LogP contribution in [0.4, 0.5) is 10.1 Å². The largest absolute Gasteiger partial charge is 0.504 e. The van der Waals surface area contributed by atoms with Gasteiger partial charge in [-0.15, -0.1) is 0 Å². The van der Waals surface area contributed by atoms with Crippen LogP contribution in [0.5, 0.6) is 11.5 Å². The normalized spacial score (nSPS) is 17.0. The monoisotopic (exact) mass is 434 g/mol. The van der Waals surface area contributed by atoms with Crippen molar-refractivity contribution in [2.45, 2.75) is 26.2 Å². The Morgan fingerprint density at radius 3 is 2.69 bits per heavy atom. The predicted molar refractivity (Wildman–Crippen MR) is 113 cm³/mol. The quantitative estimate of drug-likeness (QED) is 0.424. The number of aliphatic imine (C=N–C) groups is 1. The van der Waals surface area contributed by atoms with Crippen LogP contribution >= 0.6 is 23.1 Å². The van der Waals surface area contributed by atoms with Crippen LogP contribution in [-0.4, -0.2) is 33.2 Å². The van der Waals surface area contributed by atoms with Crippen LogP contribution in [0.15, 0.2) is 28.1 Å². The van der Waals surface area contributed by atoms with E-state index in [4.69, 9.17) is 4.74 Å². The van der Waals surface area contributed by atoms with Gasteiger partial charge in [-0.05, 0) is 35.2 Å². The standard InChI is InChI=1S/C18H18N4O5S2/c1-18(2,3)13-15(22(25)26)29-16(19-13)21-17-20-14(24)11(28-17)8-9-6-5-7-10(27-4)12(9)23/h5-8,23H,1-4H3,(H,19,20,21,24). The lowest BCUT2D eigenvalue weighted by Crippen LogP contribution is -2.19. The van der Waals surface area contributed by atoms with Crippen molar-refractivity contribution in [3.8, 4) is 11.5 Å². The van der Waals surface area contributed by atoms with E-state index in [1.807, 2.05) is 20.8 Å². The first-order chi connectivity index (χ1) is 13.6. The number of thioether (sulfide) groups is 1. The van der Waals surface area contributed by atoms with Gasteiger partial charge in [0.1, 0.15) is 5.69 Å². The van der Waals surface area contributed by atoms with Gasteiger partial charge in [-0.2, -0.15) is 4.99 Å². The van der Waals surface area contributed by atoms with Gasteiger partial charge in [-0.3, -0.25) is 14.9 Å². The maximum absolute atomic E-state index is 12.3. The number of nitro groups is 1. The third-order valence-corrected chi connectivity index (χ3v) is 5.67. The Labute approximate surface area is 174 Å². The molecule has 0 saturated carbocycles. The Morgan fingerprint density at radius 1 is 1.38 bits per heavy atom. The lowest BCUT2D eigenvalue weighted by molar-refractivity contribution is -0.381. The van der Waals surface area contributed by atoms with Crippen LogP contribution in [0.25, 0.3) is 6.08 Å². The highest BCUT2D eigenvalue weighted by Crippen LogP contribution is 2.40. The number of benzene rings is 1. The molecule has 1 aromatic heterocycles. The number of nitrogens with one attached hydrogen (secondary N) is 1. The van der Waals surface area contributed by atoms with Gasteiger partial charge in [-0.25, -0.2) is 4.98 Å². The number of thiazole rings is 1. The number of methoxy groups -OCH3 is 1. The molecule has 1 aliphatic rings. The second kappa shape index (κ2) is 7.84. The summed E-state index contributed by atoms with van der Waals surface area (Å²) in [6.45, 7) is 5.50. The molecule has 29 heavy (non-hydrogen) atoms. The van der Waals surface area contributed by atoms with Gasteiger partial charge in [-0.1, -0.05) is 32.9 Å². The molecule has 0 bridgehead atoms. The minimum atomic E-state index is -0.516. The van der Waals surface area contributed by atoms with Crippen molar-refractivity contribution < 1.29 is 19.6 Å². The minimum absolute atomic E-state index is 0.0664. The lowest BCUT2D eigenvalue weighted by Gasteiger charge is -2.13. The number of rotatable bonds is 4. The average Bonchev–Trinajstić information content (AvgIpc) is 3.21. The van der Waals surface area contributed by atoms with Crippen molar-refractivity contribution in [3.63, 3.8) is 0 Å². The van der Waals surface area contributed by atoms with Gasteiger partial charge in [0, 0.05) is 11.0 Å². The van der Waals surface area contributed by atoms with Crippen LogP contribution in [0.1, 0.15) is 32.0 Å². The fraction of sp³-hybridized carbons (Fsp3) is 0.278. The highest BCUT2D eigenvalue weighted by Gasteiger charge is 2.31. The SMILES string of the molecule is COc1cccc(C=C2SC(=Nc3nc(C(C)(C)C)c([N+](=O)[O-])s3)NC2=O)c1O. The van der Waals surface area contributed by atoms with Crippen molar-refractivity contribution in [2.75, 3.05) is 7.11 Å². The Bertz CT molecular complexity index is 1050. The molecule has 1 saturated heterocycles. The van der Waals surface area contributed by atoms with Crippen LogP contribution in [0.3, 0.4) is 0 Å². The molecule has 3 rings (SSSR count). The number of ether oxygens (including phenoxy) is 1. The molecule has 2 heterocycles.